The number of likely N-dealkylation sites (tertiary alicyclic amines) is 1. The van der Waals surface area contributed by atoms with Gasteiger partial charge in [0.05, 0.1) is 25.2 Å². The number of carbonyl (C=O) groups is 3. The fraction of sp³-hybridized carbons (Fsp3) is 0.462. The number of ether oxygens (including phenoxy) is 1. The summed E-state index contributed by atoms with van der Waals surface area (Å²) in [6, 6.07) is 9.17. The third-order valence-electron chi connectivity index (χ3n) is 6.80. The number of hydrogen-bond acceptors (Lipinski definition) is 6. The third-order valence-corrected chi connectivity index (χ3v) is 6.80. The molecule has 2 saturated heterocycles. The van der Waals surface area contributed by atoms with Gasteiger partial charge < -0.3 is 9.64 Å². The Hall–Kier alpha value is -3.17. The average molecular weight is 483 g/mol. The molecule has 0 saturated carbocycles. The molecule has 1 aromatic carbocycles. The van der Waals surface area contributed by atoms with Gasteiger partial charge in [-0.15, -0.1) is 0 Å². The van der Waals surface area contributed by atoms with E-state index in [4.69, 9.17) is 4.74 Å². The third kappa shape index (κ3) is 5.74. The maximum atomic E-state index is 14.2. The number of pyridine rings is 1. The Labute approximate surface area is 204 Å². The van der Waals surface area contributed by atoms with Crippen LogP contribution in [0.15, 0.2) is 48.8 Å². The lowest BCUT2D eigenvalue weighted by molar-refractivity contribution is -0.143. The zero-order valence-electron chi connectivity index (χ0n) is 20.0. The van der Waals surface area contributed by atoms with E-state index in [0.717, 1.165) is 44.2 Å². The molecule has 2 aliphatic heterocycles. The van der Waals surface area contributed by atoms with E-state index in [9.17, 15) is 18.8 Å². The fourth-order valence-electron chi connectivity index (χ4n) is 4.76. The van der Waals surface area contributed by atoms with Gasteiger partial charge in [-0.05, 0) is 35.7 Å². The minimum Gasteiger partial charge on any atom is -0.379 e. The zero-order valence-corrected chi connectivity index (χ0v) is 20.0. The van der Waals surface area contributed by atoms with Gasteiger partial charge in [0.15, 0.2) is 0 Å². The summed E-state index contributed by atoms with van der Waals surface area (Å²) in [5.41, 5.74) is -0.382. The number of rotatable bonds is 9. The number of hydrogen-bond donors (Lipinski definition) is 0. The van der Waals surface area contributed by atoms with E-state index in [1.165, 1.54) is 18.2 Å². The number of benzene rings is 1. The van der Waals surface area contributed by atoms with Gasteiger partial charge in [0, 0.05) is 58.5 Å². The highest BCUT2D eigenvalue weighted by Gasteiger charge is 2.54. The van der Waals surface area contributed by atoms with Gasteiger partial charge in [-0.2, -0.15) is 0 Å². The van der Waals surface area contributed by atoms with Crippen molar-refractivity contribution in [2.24, 2.45) is 0 Å². The second kappa shape index (κ2) is 11.0. The number of nitrogens with zero attached hydrogens (tertiary/aromatic N) is 4. The topological polar surface area (TPSA) is 83.1 Å². The number of carbonyl (C=O) groups excluding carboxylic acids is 3. The van der Waals surface area contributed by atoms with Crippen LogP contribution in [0, 0.1) is 5.82 Å². The summed E-state index contributed by atoms with van der Waals surface area (Å²) < 4.78 is 19.5. The first-order valence-corrected chi connectivity index (χ1v) is 11.9. The predicted octanol–water partition coefficient (Wildman–Crippen LogP) is 1.99. The molecule has 4 rings (SSSR count). The molecule has 186 valence electrons. The van der Waals surface area contributed by atoms with Crippen molar-refractivity contribution in [3.63, 3.8) is 0 Å². The molecule has 9 heteroatoms. The number of imide groups is 1. The second-order valence-corrected chi connectivity index (χ2v) is 9.22. The van der Waals surface area contributed by atoms with Gasteiger partial charge in [-0.1, -0.05) is 18.2 Å². The maximum Gasteiger partial charge on any atom is 0.241 e. The van der Waals surface area contributed by atoms with E-state index in [0.29, 0.717) is 17.7 Å². The van der Waals surface area contributed by atoms with E-state index in [1.807, 2.05) is 0 Å². The molecule has 3 amide bonds. The van der Waals surface area contributed by atoms with Crippen molar-refractivity contribution in [2.45, 2.75) is 31.2 Å². The second-order valence-electron chi connectivity index (χ2n) is 9.22. The van der Waals surface area contributed by atoms with Gasteiger partial charge in [-0.25, -0.2) is 4.39 Å². The lowest BCUT2D eigenvalue weighted by Gasteiger charge is -2.30. The molecule has 1 unspecified atom stereocenters. The summed E-state index contributed by atoms with van der Waals surface area (Å²) in [5, 5.41) is 0. The molecule has 8 nitrogen and oxygen atoms in total. The summed E-state index contributed by atoms with van der Waals surface area (Å²) in [6.45, 7) is 4.64. The van der Waals surface area contributed by atoms with Gasteiger partial charge in [-0.3, -0.25) is 29.2 Å². The number of halogens is 1. The van der Waals surface area contributed by atoms with E-state index in [2.05, 4.69) is 9.88 Å². The Morgan fingerprint density at radius 1 is 1.20 bits per heavy atom. The first-order chi connectivity index (χ1) is 16.9. The van der Waals surface area contributed by atoms with Crippen molar-refractivity contribution < 1.29 is 23.5 Å². The molecule has 2 fully saturated rings. The van der Waals surface area contributed by atoms with Gasteiger partial charge in [0.1, 0.15) is 5.82 Å². The number of aromatic nitrogens is 1. The Morgan fingerprint density at radius 2 is 2.00 bits per heavy atom. The van der Waals surface area contributed by atoms with Gasteiger partial charge >= 0.3 is 0 Å². The van der Waals surface area contributed by atoms with Crippen LogP contribution in [-0.4, -0.2) is 83.8 Å². The van der Waals surface area contributed by atoms with Crippen LogP contribution in [0.3, 0.4) is 0 Å². The van der Waals surface area contributed by atoms with Crippen LogP contribution in [0.25, 0.3) is 0 Å². The van der Waals surface area contributed by atoms with E-state index in [-0.39, 0.29) is 31.2 Å². The molecule has 2 aromatic rings. The van der Waals surface area contributed by atoms with E-state index in [1.54, 1.807) is 42.5 Å². The Kier molecular flexibility index (Phi) is 7.87. The van der Waals surface area contributed by atoms with Gasteiger partial charge in [0.25, 0.3) is 0 Å². The molecular weight excluding hydrogens is 451 g/mol. The molecule has 1 aromatic heterocycles. The fourth-order valence-corrected chi connectivity index (χ4v) is 4.76. The summed E-state index contributed by atoms with van der Waals surface area (Å²) in [7, 11) is 1.70. The lowest BCUT2D eigenvalue weighted by atomic mass is 9.75. The quantitative estimate of drug-likeness (QED) is 0.509. The van der Waals surface area contributed by atoms with E-state index >= 15 is 0 Å². The molecule has 0 bridgehead atoms. The standard InChI is InChI=1S/C26H31FN4O4/c1-29(9-4-10-30-11-13-35-14-12-30)23(32)16-26(21-6-2-7-22(27)15-21)17-24(33)31(25(26)34)19-20-5-3-8-28-18-20/h2-3,5-8,15,18H,4,9-14,16-17,19H2,1H3. The molecule has 3 heterocycles. The Morgan fingerprint density at radius 3 is 2.71 bits per heavy atom. The van der Waals surface area contributed by atoms with Crippen molar-refractivity contribution in [1.82, 2.24) is 19.7 Å². The lowest BCUT2D eigenvalue weighted by Crippen LogP contribution is -2.43. The molecule has 1 atom stereocenters. The van der Waals surface area contributed by atoms with Crippen molar-refractivity contribution in [3.05, 3.63) is 65.7 Å². The molecule has 0 aliphatic carbocycles. The van der Waals surface area contributed by atoms with Crippen LogP contribution in [0.2, 0.25) is 0 Å². The van der Waals surface area contributed by atoms with Crippen LogP contribution < -0.4 is 0 Å². The first-order valence-electron chi connectivity index (χ1n) is 11.9. The van der Waals surface area contributed by atoms with E-state index < -0.39 is 17.1 Å². The molecular formula is C26H31FN4O4. The monoisotopic (exact) mass is 482 g/mol. The van der Waals surface area contributed by atoms with Crippen LogP contribution in [0.1, 0.15) is 30.4 Å². The highest BCUT2D eigenvalue weighted by molar-refractivity contribution is 6.10. The van der Waals surface area contributed by atoms with Crippen molar-refractivity contribution >= 4 is 17.7 Å². The summed E-state index contributed by atoms with van der Waals surface area (Å²) in [4.78, 5) is 49.1. The summed E-state index contributed by atoms with van der Waals surface area (Å²) >= 11 is 0. The number of amides is 3. The summed E-state index contributed by atoms with van der Waals surface area (Å²) in [6.07, 6.45) is 3.62. The molecule has 0 spiro atoms. The zero-order chi connectivity index (χ0) is 24.8. The van der Waals surface area contributed by atoms with Gasteiger partial charge in [0.2, 0.25) is 17.7 Å². The van der Waals surface area contributed by atoms with Crippen molar-refractivity contribution in [1.29, 1.82) is 0 Å². The van der Waals surface area contributed by atoms with Crippen LogP contribution >= 0.6 is 0 Å². The molecule has 0 N–H and O–H groups in total. The van der Waals surface area contributed by atoms with Crippen LogP contribution in [0.4, 0.5) is 4.39 Å². The average Bonchev–Trinajstić information content (AvgIpc) is 3.10. The molecule has 2 aliphatic rings. The highest BCUT2D eigenvalue weighted by atomic mass is 19.1. The maximum absolute atomic E-state index is 14.2. The number of morpholine rings is 1. The first kappa shape index (κ1) is 24.9. The SMILES string of the molecule is CN(CCCN1CCOCC1)C(=O)CC1(c2cccc(F)c2)CC(=O)N(Cc2cccnc2)C1=O. The Balaban J connectivity index is 1.50. The normalized spacial score (nSPS) is 20.9. The highest BCUT2D eigenvalue weighted by Crippen LogP contribution is 2.41. The smallest absolute Gasteiger partial charge is 0.241 e. The predicted molar refractivity (Wildman–Crippen MR) is 127 cm³/mol. The largest absolute Gasteiger partial charge is 0.379 e. The molecule has 0 radical (unpaired) electrons. The summed E-state index contributed by atoms with van der Waals surface area (Å²) in [5.74, 6) is -1.63. The van der Waals surface area contributed by atoms with Crippen molar-refractivity contribution in [2.75, 3.05) is 46.4 Å². The minimum atomic E-state index is -1.43. The molecule has 35 heavy (non-hydrogen) atoms. The Bertz CT molecular complexity index is 1060. The van der Waals surface area contributed by atoms with Crippen LogP contribution in [0.5, 0.6) is 0 Å². The van der Waals surface area contributed by atoms with Crippen LogP contribution in [-0.2, 0) is 31.1 Å². The van der Waals surface area contributed by atoms with Crippen molar-refractivity contribution in [3.8, 4) is 0 Å². The minimum absolute atomic E-state index is 0.0617.